The summed E-state index contributed by atoms with van der Waals surface area (Å²) in [7, 11) is 3.00. The number of carbonyl (C=O) groups excluding carboxylic acids is 2. The summed E-state index contributed by atoms with van der Waals surface area (Å²) in [6.07, 6.45) is 4.42. The fraction of sp³-hybridized carbons (Fsp3) is 0.409. The fourth-order valence-electron chi connectivity index (χ4n) is 3.99. The van der Waals surface area contributed by atoms with Crippen LogP contribution in [0.15, 0.2) is 23.8 Å². The van der Waals surface area contributed by atoms with E-state index >= 15 is 4.39 Å². The second-order valence-corrected chi connectivity index (χ2v) is 8.46. The Morgan fingerprint density at radius 2 is 1.72 bits per heavy atom. The van der Waals surface area contributed by atoms with Crippen LogP contribution in [0.2, 0.25) is 0 Å². The third-order valence-corrected chi connectivity index (χ3v) is 6.03. The van der Waals surface area contributed by atoms with E-state index in [9.17, 15) is 9.59 Å². The van der Waals surface area contributed by atoms with Crippen LogP contribution >= 0.6 is 12.2 Å². The lowest BCUT2D eigenvalue weighted by Gasteiger charge is -2.43. The molecule has 2 heterocycles. The van der Waals surface area contributed by atoms with Gasteiger partial charge in [-0.2, -0.15) is 0 Å². The Balaban J connectivity index is 2.13. The molecule has 0 bridgehead atoms. The lowest BCUT2D eigenvalue weighted by atomic mass is 9.87. The van der Waals surface area contributed by atoms with E-state index in [0.29, 0.717) is 0 Å². The minimum absolute atomic E-state index is 0.106. The number of benzene rings is 1. The topological polar surface area (TPSA) is 43.9 Å². The van der Waals surface area contributed by atoms with Crippen molar-refractivity contribution in [3.05, 3.63) is 40.7 Å². The van der Waals surface area contributed by atoms with Crippen molar-refractivity contribution in [2.75, 3.05) is 25.5 Å². The molecule has 0 spiro atoms. The summed E-state index contributed by atoms with van der Waals surface area (Å²) in [4.78, 5) is 29.7. The number of rotatable bonds is 3. The van der Waals surface area contributed by atoms with E-state index in [1.807, 2.05) is 6.92 Å². The number of halogens is 1. The van der Waals surface area contributed by atoms with Crippen molar-refractivity contribution in [3.8, 4) is 0 Å². The highest BCUT2D eigenvalue weighted by Gasteiger charge is 2.36. The van der Waals surface area contributed by atoms with Crippen molar-refractivity contribution in [1.29, 1.82) is 0 Å². The Morgan fingerprint density at radius 1 is 1.14 bits per heavy atom. The first kappa shape index (κ1) is 21.2. The molecule has 0 saturated carbocycles. The second-order valence-electron chi connectivity index (χ2n) is 8.09. The van der Waals surface area contributed by atoms with Gasteiger partial charge in [0.15, 0.2) is 5.11 Å². The Hall–Kier alpha value is -2.54. The monoisotopic (exact) mass is 415 g/mol. The molecule has 2 aliphatic heterocycles. The van der Waals surface area contributed by atoms with Gasteiger partial charge in [0.2, 0.25) is 0 Å². The van der Waals surface area contributed by atoms with Crippen molar-refractivity contribution in [1.82, 2.24) is 9.80 Å². The molecule has 3 rings (SSSR count). The zero-order valence-corrected chi connectivity index (χ0v) is 18.5. The van der Waals surface area contributed by atoms with Crippen LogP contribution in [0.1, 0.15) is 45.2 Å². The van der Waals surface area contributed by atoms with E-state index in [0.717, 1.165) is 29.8 Å². The van der Waals surface area contributed by atoms with E-state index in [1.165, 1.54) is 36.0 Å². The average molecular weight is 416 g/mol. The summed E-state index contributed by atoms with van der Waals surface area (Å²) < 4.78 is 15.1. The number of nitrogens with zero attached hydrogens (tertiary/aromatic N) is 3. The molecule has 1 aromatic rings. The maximum atomic E-state index is 15.1. The average Bonchev–Trinajstić information content (AvgIpc) is 2.65. The molecule has 0 N–H and O–H groups in total. The highest BCUT2D eigenvalue weighted by atomic mass is 32.1. The molecule has 154 valence electrons. The van der Waals surface area contributed by atoms with E-state index in [-0.39, 0.29) is 21.8 Å². The fourth-order valence-corrected chi connectivity index (χ4v) is 4.15. The highest BCUT2D eigenvalue weighted by Crippen LogP contribution is 2.40. The minimum atomic E-state index is -0.531. The zero-order valence-electron chi connectivity index (χ0n) is 17.7. The maximum absolute atomic E-state index is 15.1. The second kappa shape index (κ2) is 7.37. The van der Waals surface area contributed by atoms with Gasteiger partial charge in [-0.15, -0.1) is 0 Å². The molecule has 2 amide bonds. The van der Waals surface area contributed by atoms with E-state index in [2.05, 4.69) is 31.7 Å². The van der Waals surface area contributed by atoms with Gasteiger partial charge in [-0.05, 0) is 63.2 Å². The molecule has 0 radical (unpaired) electrons. The van der Waals surface area contributed by atoms with E-state index in [1.54, 1.807) is 6.07 Å². The molecular formula is C22H26FN3O2S. The smallest absolute Gasteiger partial charge is 0.265 e. The molecule has 0 atom stereocenters. The minimum Gasteiger partial charge on any atom is -0.362 e. The Kier molecular flexibility index (Phi) is 5.38. The quantitative estimate of drug-likeness (QED) is 0.428. The van der Waals surface area contributed by atoms with Gasteiger partial charge in [-0.3, -0.25) is 19.4 Å². The molecule has 1 aromatic carbocycles. The zero-order chi connectivity index (χ0) is 21.7. The van der Waals surface area contributed by atoms with Crippen LogP contribution in [0, 0.1) is 5.82 Å². The van der Waals surface area contributed by atoms with Crippen LogP contribution in [0.5, 0.6) is 0 Å². The Labute approximate surface area is 176 Å². The Morgan fingerprint density at radius 3 is 2.28 bits per heavy atom. The summed E-state index contributed by atoms with van der Waals surface area (Å²) in [5.74, 6) is -1.53. The summed E-state index contributed by atoms with van der Waals surface area (Å²) in [6, 6.07) is 3.22. The van der Waals surface area contributed by atoms with Gasteiger partial charge in [0.1, 0.15) is 11.4 Å². The van der Waals surface area contributed by atoms with Crippen LogP contribution in [-0.4, -0.2) is 52.9 Å². The van der Waals surface area contributed by atoms with Crippen molar-refractivity contribution in [3.63, 3.8) is 0 Å². The molecule has 0 aromatic heterocycles. The lowest BCUT2D eigenvalue weighted by Crippen LogP contribution is -2.52. The maximum Gasteiger partial charge on any atom is 0.265 e. The molecule has 0 unspecified atom stereocenters. The largest absolute Gasteiger partial charge is 0.362 e. The van der Waals surface area contributed by atoms with E-state index < -0.39 is 17.6 Å². The number of hydrogen-bond donors (Lipinski definition) is 0. The molecule has 2 aliphatic rings. The summed E-state index contributed by atoms with van der Waals surface area (Å²) in [6.45, 7) is 9.10. The molecular weight excluding hydrogens is 389 g/mol. The normalized spacial score (nSPS) is 18.9. The van der Waals surface area contributed by atoms with Gasteiger partial charge in [-0.1, -0.05) is 13.0 Å². The van der Waals surface area contributed by atoms with Crippen molar-refractivity contribution in [2.24, 2.45) is 0 Å². The van der Waals surface area contributed by atoms with Gasteiger partial charge in [0, 0.05) is 37.5 Å². The van der Waals surface area contributed by atoms with Gasteiger partial charge < -0.3 is 4.90 Å². The third kappa shape index (κ3) is 3.48. The third-order valence-electron chi connectivity index (χ3n) is 5.49. The number of allylic oxidation sites excluding steroid dienone is 1. The number of thiocarbonyl (C=S) groups is 1. The highest BCUT2D eigenvalue weighted by molar-refractivity contribution is 7.80. The lowest BCUT2D eigenvalue weighted by molar-refractivity contribution is -0.132. The number of amides is 2. The van der Waals surface area contributed by atoms with Gasteiger partial charge in [0.25, 0.3) is 11.8 Å². The van der Waals surface area contributed by atoms with Crippen LogP contribution in [0.3, 0.4) is 0 Å². The van der Waals surface area contributed by atoms with Crippen LogP contribution in [-0.2, 0) is 9.59 Å². The van der Waals surface area contributed by atoms with Gasteiger partial charge in [-0.25, -0.2) is 4.39 Å². The first-order valence-electron chi connectivity index (χ1n) is 9.62. The predicted octanol–water partition coefficient (Wildman–Crippen LogP) is 3.84. The number of likely N-dealkylation sites (N-methyl/N-ethyl adjacent to an activating group) is 2. The number of carbonyl (C=O) groups is 2. The number of hydrogen-bond acceptors (Lipinski definition) is 4. The van der Waals surface area contributed by atoms with E-state index in [4.69, 9.17) is 12.2 Å². The van der Waals surface area contributed by atoms with Crippen molar-refractivity contribution < 1.29 is 14.0 Å². The summed E-state index contributed by atoms with van der Waals surface area (Å²) in [5.41, 5.74) is 2.64. The van der Waals surface area contributed by atoms with Gasteiger partial charge >= 0.3 is 0 Å². The first-order valence-corrected chi connectivity index (χ1v) is 10.0. The van der Waals surface area contributed by atoms with Gasteiger partial charge in [0.05, 0.1) is 5.54 Å². The summed E-state index contributed by atoms with van der Waals surface area (Å²) in [5, 5.41) is 0.124. The molecule has 0 aliphatic carbocycles. The molecule has 1 saturated heterocycles. The van der Waals surface area contributed by atoms with Crippen molar-refractivity contribution >= 4 is 46.5 Å². The predicted molar refractivity (Wildman–Crippen MR) is 118 cm³/mol. The standard InChI is InChI=1S/C22H26FN3O2S/c1-7-8-26-18-11-17(23)14(9-15(18)13(2)12-22(26,3)4)10-16-19(27)24(5)21(29)25(6)20(16)28/h9-12H,7-8H2,1-6H3. The first-order chi connectivity index (χ1) is 13.5. The van der Waals surface area contributed by atoms with Crippen LogP contribution in [0.25, 0.3) is 11.6 Å². The molecule has 5 nitrogen and oxygen atoms in total. The summed E-state index contributed by atoms with van der Waals surface area (Å²) >= 11 is 5.10. The van der Waals surface area contributed by atoms with Crippen molar-refractivity contribution in [2.45, 2.75) is 39.7 Å². The Bertz CT molecular complexity index is 955. The molecule has 1 fully saturated rings. The van der Waals surface area contributed by atoms with Crippen LogP contribution < -0.4 is 4.90 Å². The number of fused-ring (bicyclic) bond motifs is 1. The molecule has 29 heavy (non-hydrogen) atoms. The molecule has 7 heteroatoms. The number of anilines is 1. The van der Waals surface area contributed by atoms with Crippen LogP contribution in [0.4, 0.5) is 10.1 Å². The SMILES string of the molecule is CCCN1c2cc(F)c(C=C3C(=O)N(C)C(=S)N(C)C3=O)cc2C(C)=CC1(C)C.